The lowest BCUT2D eigenvalue weighted by Crippen LogP contribution is -2.17. The van der Waals surface area contributed by atoms with Gasteiger partial charge in [-0.2, -0.15) is 0 Å². The molecule has 66 valence electrons. The lowest BCUT2D eigenvalue weighted by molar-refractivity contribution is 0.261. The lowest BCUT2D eigenvalue weighted by Gasteiger charge is -2.00. The van der Waals surface area contributed by atoms with Gasteiger partial charge >= 0.3 is 0 Å². The minimum absolute atomic E-state index is 0.0644. The largest absolute Gasteiger partial charge is 0.347 e. The Bertz CT molecular complexity index is 209. The molecule has 0 radical (unpaired) electrons. The average Bonchev–Trinajstić information content (AvgIpc) is 2.04. The van der Waals surface area contributed by atoms with Crippen LogP contribution in [0.4, 0.5) is 4.79 Å². The Balaban J connectivity index is 4.02. The van der Waals surface area contributed by atoms with Crippen LogP contribution in [-0.2, 0) is 0 Å². The van der Waals surface area contributed by atoms with Crippen LogP contribution in [0.25, 0.3) is 0 Å². The molecule has 12 heavy (non-hydrogen) atoms. The van der Waals surface area contributed by atoms with E-state index in [1.165, 1.54) is 0 Å². The molecule has 0 fully saturated rings. The minimum atomic E-state index is -0.0644. The number of amides is 1. The molecule has 0 aromatic rings. The summed E-state index contributed by atoms with van der Waals surface area (Å²) in [6.45, 7) is 9.63. The summed E-state index contributed by atoms with van der Waals surface area (Å²) in [6.07, 6.45) is 5.00. The van der Waals surface area contributed by atoms with Crippen molar-refractivity contribution in [3.05, 3.63) is 36.3 Å². The molecule has 0 saturated carbocycles. The quantitative estimate of drug-likeness (QED) is 0.679. The fourth-order valence-corrected chi connectivity index (χ4v) is 1.23. The molecule has 0 aromatic carbocycles. The molecule has 0 aromatic heterocycles. The Morgan fingerprint density at radius 3 is 2.67 bits per heavy atom. The molecular formula is C9H13NOS. The van der Waals surface area contributed by atoms with E-state index in [1.54, 1.807) is 18.2 Å². The van der Waals surface area contributed by atoms with Gasteiger partial charge in [0.25, 0.3) is 5.24 Å². The van der Waals surface area contributed by atoms with Gasteiger partial charge in [0.15, 0.2) is 0 Å². The third-order valence-corrected chi connectivity index (χ3v) is 1.88. The molecule has 3 heteroatoms. The predicted octanol–water partition coefficient (Wildman–Crippen LogP) is 2.71. The molecule has 2 nitrogen and oxygen atoms in total. The number of rotatable bonds is 4. The highest BCUT2D eigenvalue weighted by atomic mass is 32.2. The molecule has 0 unspecified atom stereocenters. The Morgan fingerprint density at radius 1 is 1.58 bits per heavy atom. The van der Waals surface area contributed by atoms with Gasteiger partial charge in [0.1, 0.15) is 0 Å². The van der Waals surface area contributed by atoms with Crippen LogP contribution in [0, 0.1) is 0 Å². The van der Waals surface area contributed by atoms with Crippen molar-refractivity contribution in [3.8, 4) is 0 Å². The van der Waals surface area contributed by atoms with Crippen molar-refractivity contribution >= 4 is 17.0 Å². The van der Waals surface area contributed by atoms with E-state index >= 15 is 0 Å². The fourth-order valence-electron chi connectivity index (χ4n) is 0.547. The molecule has 1 amide bonds. The third kappa shape index (κ3) is 4.79. The topological polar surface area (TPSA) is 29.1 Å². The molecule has 0 aliphatic heterocycles. The normalized spacial score (nSPS) is 10.6. The number of hydrogen-bond acceptors (Lipinski definition) is 2. The summed E-state index contributed by atoms with van der Waals surface area (Å²) >= 11 is 1.12. The van der Waals surface area contributed by atoms with Gasteiger partial charge in [0.2, 0.25) is 0 Å². The van der Waals surface area contributed by atoms with Gasteiger partial charge in [-0.1, -0.05) is 25.3 Å². The van der Waals surface area contributed by atoms with Gasteiger partial charge in [-0.25, -0.2) is 0 Å². The van der Waals surface area contributed by atoms with Gasteiger partial charge in [-0.05, 0) is 24.8 Å². The van der Waals surface area contributed by atoms with Gasteiger partial charge in [-0.15, -0.1) is 0 Å². The van der Waals surface area contributed by atoms with E-state index in [2.05, 4.69) is 18.5 Å². The molecule has 0 spiro atoms. The van der Waals surface area contributed by atoms with E-state index in [9.17, 15) is 4.79 Å². The Hall–Kier alpha value is -0.960. The number of hydrogen-bond donors (Lipinski definition) is 1. The van der Waals surface area contributed by atoms with Crippen LogP contribution in [0.5, 0.6) is 0 Å². The van der Waals surface area contributed by atoms with Crippen LogP contribution in [-0.4, -0.2) is 11.8 Å². The smallest absolute Gasteiger partial charge is 0.283 e. The van der Waals surface area contributed by atoms with Crippen LogP contribution in [0.1, 0.15) is 6.92 Å². The maximum absolute atomic E-state index is 11.0. The molecule has 0 aliphatic carbocycles. The summed E-state index contributed by atoms with van der Waals surface area (Å²) in [5.74, 6) is 0. The van der Waals surface area contributed by atoms with Crippen molar-refractivity contribution in [1.29, 1.82) is 0 Å². The Kier molecular flexibility index (Phi) is 6.19. The first kappa shape index (κ1) is 11.0. The highest BCUT2D eigenvalue weighted by molar-refractivity contribution is 8.17. The molecule has 0 bridgehead atoms. The first-order valence-electron chi connectivity index (χ1n) is 3.65. The molecule has 0 saturated heterocycles. The van der Waals surface area contributed by atoms with E-state index in [4.69, 9.17) is 0 Å². The zero-order valence-electron chi connectivity index (χ0n) is 7.17. The molecule has 0 heterocycles. The summed E-state index contributed by atoms with van der Waals surface area (Å²) in [5, 5.41) is 2.61. The summed E-state index contributed by atoms with van der Waals surface area (Å²) in [4.78, 5) is 11.8. The predicted molar refractivity (Wildman–Crippen MR) is 55.1 cm³/mol. The summed E-state index contributed by atoms with van der Waals surface area (Å²) in [7, 11) is 0. The minimum Gasteiger partial charge on any atom is -0.347 e. The van der Waals surface area contributed by atoms with Crippen molar-refractivity contribution in [1.82, 2.24) is 5.32 Å². The molecular weight excluding hydrogens is 170 g/mol. The monoisotopic (exact) mass is 183 g/mol. The van der Waals surface area contributed by atoms with Crippen LogP contribution < -0.4 is 5.32 Å². The van der Waals surface area contributed by atoms with Crippen molar-refractivity contribution in [2.45, 2.75) is 6.92 Å². The van der Waals surface area contributed by atoms with E-state index in [0.29, 0.717) is 6.54 Å². The molecule has 1 N–H and O–H groups in total. The van der Waals surface area contributed by atoms with Crippen LogP contribution in [0.2, 0.25) is 0 Å². The third-order valence-electron chi connectivity index (χ3n) is 1.01. The number of carbonyl (C=O) groups excluding carboxylic acids is 1. The molecule has 0 atom stereocenters. The zero-order valence-corrected chi connectivity index (χ0v) is 7.99. The second-order valence-corrected chi connectivity index (χ2v) is 2.98. The van der Waals surface area contributed by atoms with Crippen molar-refractivity contribution < 1.29 is 4.79 Å². The second-order valence-electron chi connectivity index (χ2n) is 1.93. The Labute approximate surface area is 77.4 Å². The first-order chi connectivity index (χ1) is 5.74. The summed E-state index contributed by atoms with van der Waals surface area (Å²) < 4.78 is 0. The average molecular weight is 183 g/mol. The maximum atomic E-state index is 11.0. The first-order valence-corrected chi connectivity index (χ1v) is 4.47. The number of thioether (sulfide) groups is 1. The Morgan fingerprint density at radius 2 is 2.25 bits per heavy atom. The van der Waals surface area contributed by atoms with Crippen molar-refractivity contribution in [2.75, 3.05) is 6.54 Å². The van der Waals surface area contributed by atoms with E-state index < -0.39 is 0 Å². The number of nitrogens with one attached hydrogen (secondary N) is 1. The van der Waals surface area contributed by atoms with E-state index in [0.717, 1.165) is 16.7 Å². The van der Waals surface area contributed by atoms with Crippen LogP contribution in [0.3, 0.4) is 0 Å². The number of allylic oxidation sites excluding steroid dienone is 3. The summed E-state index contributed by atoms with van der Waals surface area (Å²) in [6, 6.07) is 0. The van der Waals surface area contributed by atoms with E-state index in [1.807, 2.05) is 6.92 Å². The van der Waals surface area contributed by atoms with Gasteiger partial charge in [0.05, 0.1) is 0 Å². The standard InChI is InChI=1S/C9H13NOS/c1-4-7-8(5-2)12-9(11)10-6-3/h4-5,7H,1-2,6H2,3H3,(H,10,11)/b8-7+. The number of carbonyl (C=O) groups is 1. The SMILES string of the molecule is C=C/C=C(\C=C)SC(=O)NCC. The maximum Gasteiger partial charge on any atom is 0.283 e. The highest BCUT2D eigenvalue weighted by Gasteiger charge is 2.00. The zero-order chi connectivity index (χ0) is 9.40. The van der Waals surface area contributed by atoms with Crippen LogP contribution >= 0.6 is 11.8 Å². The van der Waals surface area contributed by atoms with Gasteiger partial charge in [0, 0.05) is 11.4 Å². The van der Waals surface area contributed by atoms with Crippen molar-refractivity contribution in [3.63, 3.8) is 0 Å². The van der Waals surface area contributed by atoms with E-state index in [-0.39, 0.29) is 5.24 Å². The molecule has 0 rings (SSSR count). The lowest BCUT2D eigenvalue weighted by atomic mass is 10.5. The van der Waals surface area contributed by atoms with Crippen LogP contribution in [0.15, 0.2) is 36.3 Å². The second kappa shape index (κ2) is 6.73. The highest BCUT2D eigenvalue weighted by Crippen LogP contribution is 2.16. The fraction of sp³-hybridized carbons (Fsp3) is 0.222. The van der Waals surface area contributed by atoms with Crippen molar-refractivity contribution in [2.24, 2.45) is 0 Å². The summed E-state index contributed by atoms with van der Waals surface area (Å²) in [5.41, 5.74) is 0. The van der Waals surface area contributed by atoms with Gasteiger partial charge < -0.3 is 5.32 Å². The van der Waals surface area contributed by atoms with Gasteiger partial charge in [-0.3, -0.25) is 4.79 Å². The molecule has 0 aliphatic rings.